The van der Waals surface area contributed by atoms with Crippen LogP contribution in [0.5, 0.6) is 0 Å². The summed E-state index contributed by atoms with van der Waals surface area (Å²) in [5.41, 5.74) is 4.14. The highest BCUT2D eigenvalue weighted by atomic mass is 32.2. The number of amides is 1. The quantitative estimate of drug-likeness (QED) is 0.756. The molecule has 6 heteroatoms. The minimum absolute atomic E-state index is 0.0177. The van der Waals surface area contributed by atoms with Gasteiger partial charge in [0, 0.05) is 29.6 Å². The molecule has 0 bridgehead atoms. The Morgan fingerprint density at radius 1 is 1.30 bits per heavy atom. The minimum atomic E-state index is 0.0177. The maximum atomic E-state index is 12.2. The van der Waals surface area contributed by atoms with Crippen LogP contribution in [0.4, 0.5) is 5.69 Å². The van der Waals surface area contributed by atoms with Gasteiger partial charge in [0.1, 0.15) is 5.76 Å². The van der Waals surface area contributed by atoms with E-state index in [0.717, 1.165) is 35.0 Å². The van der Waals surface area contributed by atoms with E-state index in [-0.39, 0.29) is 5.91 Å². The Morgan fingerprint density at radius 3 is 2.74 bits per heavy atom. The summed E-state index contributed by atoms with van der Waals surface area (Å²) >= 11 is 1.57. The van der Waals surface area contributed by atoms with Crippen LogP contribution >= 0.6 is 11.8 Å². The van der Waals surface area contributed by atoms with E-state index >= 15 is 0 Å². The third-order valence-corrected chi connectivity index (χ3v) is 6.18. The molecule has 0 saturated carbocycles. The molecule has 0 radical (unpaired) electrons. The minimum Gasteiger partial charge on any atom is -0.361 e. The molecule has 0 aliphatic carbocycles. The predicted molar refractivity (Wildman–Crippen MR) is 111 cm³/mol. The Bertz CT molecular complexity index is 738. The van der Waals surface area contributed by atoms with Gasteiger partial charge >= 0.3 is 0 Å². The first-order valence-corrected chi connectivity index (χ1v) is 10.8. The molecule has 1 aliphatic heterocycles. The zero-order chi connectivity index (χ0) is 19.2. The molecule has 1 amide bonds. The van der Waals surface area contributed by atoms with Crippen molar-refractivity contribution >= 4 is 23.4 Å². The molecule has 1 aromatic carbocycles. The molecule has 2 heterocycles. The third-order valence-electron chi connectivity index (χ3n) is 5.22. The lowest BCUT2D eigenvalue weighted by Crippen LogP contribution is -2.36. The van der Waals surface area contributed by atoms with Crippen molar-refractivity contribution in [3.63, 3.8) is 0 Å². The highest BCUT2D eigenvalue weighted by Gasteiger charge is 2.18. The van der Waals surface area contributed by atoms with Gasteiger partial charge < -0.3 is 9.84 Å². The summed E-state index contributed by atoms with van der Waals surface area (Å²) in [7, 11) is 0. The van der Waals surface area contributed by atoms with Gasteiger partial charge in [-0.3, -0.25) is 9.69 Å². The zero-order valence-electron chi connectivity index (χ0n) is 16.5. The van der Waals surface area contributed by atoms with Crippen LogP contribution in [0.25, 0.3) is 0 Å². The summed E-state index contributed by atoms with van der Waals surface area (Å²) in [6.45, 7) is 8.32. The molecule has 1 atom stereocenters. The molecule has 1 aliphatic rings. The van der Waals surface area contributed by atoms with E-state index < -0.39 is 0 Å². The van der Waals surface area contributed by atoms with Crippen LogP contribution in [0, 0.1) is 13.8 Å². The number of carbonyl (C=O) groups excluding carboxylic acids is 1. The van der Waals surface area contributed by atoms with Crippen molar-refractivity contribution in [3.05, 3.63) is 46.8 Å². The first kappa shape index (κ1) is 20.0. The number of nitrogens with one attached hydrogen (secondary N) is 1. The van der Waals surface area contributed by atoms with Crippen LogP contribution in [-0.2, 0) is 17.1 Å². The highest BCUT2D eigenvalue weighted by Crippen LogP contribution is 2.21. The molecule has 1 N–H and O–H groups in total. The number of thioether (sulfide) groups is 1. The van der Waals surface area contributed by atoms with Crippen molar-refractivity contribution in [1.82, 2.24) is 10.1 Å². The molecule has 0 spiro atoms. The molecule has 27 heavy (non-hydrogen) atoms. The van der Waals surface area contributed by atoms with E-state index in [4.69, 9.17) is 4.52 Å². The molecular weight excluding hydrogens is 358 g/mol. The van der Waals surface area contributed by atoms with Gasteiger partial charge in [0.15, 0.2) is 0 Å². The first-order valence-electron chi connectivity index (χ1n) is 9.65. The summed E-state index contributed by atoms with van der Waals surface area (Å²) in [6, 6.07) is 8.90. The van der Waals surface area contributed by atoms with Gasteiger partial charge in [0.25, 0.3) is 0 Å². The summed E-state index contributed by atoms with van der Waals surface area (Å²) in [6.07, 6.45) is 3.93. The Morgan fingerprint density at radius 2 is 2.07 bits per heavy atom. The second-order valence-electron chi connectivity index (χ2n) is 7.36. The smallest absolute Gasteiger partial charge is 0.234 e. The molecule has 1 saturated heterocycles. The van der Waals surface area contributed by atoms with Crippen molar-refractivity contribution in [2.45, 2.75) is 58.4 Å². The van der Waals surface area contributed by atoms with Gasteiger partial charge in [0.2, 0.25) is 5.91 Å². The van der Waals surface area contributed by atoms with Gasteiger partial charge in [0.05, 0.1) is 11.4 Å². The fourth-order valence-electron chi connectivity index (χ4n) is 3.47. The van der Waals surface area contributed by atoms with Crippen molar-refractivity contribution in [3.8, 4) is 0 Å². The number of piperidine rings is 1. The maximum Gasteiger partial charge on any atom is 0.234 e. The van der Waals surface area contributed by atoms with Crippen molar-refractivity contribution in [1.29, 1.82) is 0 Å². The molecule has 1 fully saturated rings. The van der Waals surface area contributed by atoms with Crippen LogP contribution in [0.3, 0.4) is 0 Å². The fourth-order valence-corrected chi connectivity index (χ4v) is 4.45. The second kappa shape index (κ2) is 9.42. The zero-order valence-corrected chi connectivity index (χ0v) is 17.3. The highest BCUT2D eigenvalue weighted by molar-refractivity contribution is 7.99. The number of carbonyl (C=O) groups is 1. The van der Waals surface area contributed by atoms with Crippen LogP contribution in [0.1, 0.15) is 48.8 Å². The Hall–Kier alpha value is -1.79. The molecule has 5 nitrogen and oxygen atoms in total. The first-order chi connectivity index (χ1) is 13.0. The number of likely N-dealkylation sites (tertiary alicyclic amines) is 1. The molecule has 1 aromatic heterocycles. The Labute approximate surface area is 165 Å². The monoisotopic (exact) mass is 387 g/mol. The number of hydrogen-bond acceptors (Lipinski definition) is 5. The van der Waals surface area contributed by atoms with E-state index in [0.29, 0.717) is 11.8 Å². The lowest BCUT2D eigenvalue weighted by atomic mass is 10.0. The average molecular weight is 388 g/mol. The number of aromatic nitrogens is 1. The summed E-state index contributed by atoms with van der Waals surface area (Å²) < 4.78 is 5.15. The van der Waals surface area contributed by atoms with Crippen molar-refractivity contribution in [2.24, 2.45) is 0 Å². The van der Waals surface area contributed by atoms with Crippen molar-refractivity contribution < 1.29 is 9.32 Å². The number of hydrogen-bond donors (Lipinski definition) is 1. The maximum absolute atomic E-state index is 12.2. The van der Waals surface area contributed by atoms with Crippen LogP contribution in [0.15, 0.2) is 28.8 Å². The third kappa shape index (κ3) is 5.59. The Balaban J connectivity index is 1.44. The normalized spacial score (nSPS) is 17.8. The summed E-state index contributed by atoms with van der Waals surface area (Å²) in [4.78, 5) is 14.7. The van der Waals surface area contributed by atoms with Gasteiger partial charge in [-0.1, -0.05) is 23.7 Å². The van der Waals surface area contributed by atoms with Crippen LogP contribution in [0.2, 0.25) is 0 Å². The van der Waals surface area contributed by atoms with Gasteiger partial charge in [-0.05, 0) is 57.9 Å². The fraction of sp³-hybridized carbons (Fsp3) is 0.524. The van der Waals surface area contributed by atoms with Crippen LogP contribution < -0.4 is 5.32 Å². The van der Waals surface area contributed by atoms with E-state index in [9.17, 15) is 4.79 Å². The molecular formula is C21H29N3O2S. The van der Waals surface area contributed by atoms with Crippen LogP contribution in [-0.4, -0.2) is 34.3 Å². The number of benzene rings is 1. The summed E-state index contributed by atoms with van der Waals surface area (Å²) in [5.74, 6) is 2.00. The molecule has 1 unspecified atom stereocenters. The van der Waals surface area contributed by atoms with Crippen molar-refractivity contribution in [2.75, 3.05) is 17.6 Å². The number of nitrogens with zero attached hydrogens (tertiary/aromatic N) is 2. The van der Waals surface area contributed by atoms with E-state index in [1.165, 1.54) is 31.4 Å². The number of anilines is 1. The van der Waals surface area contributed by atoms with E-state index in [1.807, 2.05) is 26.0 Å². The standard InChI is InChI=1S/C21H29N3O2S/c1-15-6-4-5-11-24(15)12-18-7-9-19(10-8-18)22-21(25)14-27-13-20-16(2)23-26-17(20)3/h7-10,15H,4-6,11-14H2,1-3H3,(H,22,25). The van der Waals surface area contributed by atoms with E-state index in [2.05, 4.69) is 34.4 Å². The van der Waals surface area contributed by atoms with E-state index in [1.54, 1.807) is 11.8 Å². The topological polar surface area (TPSA) is 58.4 Å². The Kier molecular flexibility index (Phi) is 6.96. The number of aryl methyl sites for hydroxylation is 2. The molecule has 2 aromatic rings. The SMILES string of the molecule is Cc1noc(C)c1CSCC(=O)Nc1ccc(CN2CCCCC2C)cc1. The van der Waals surface area contributed by atoms with Gasteiger partial charge in [-0.2, -0.15) is 0 Å². The lowest BCUT2D eigenvalue weighted by molar-refractivity contribution is -0.113. The second-order valence-corrected chi connectivity index (χ2v) is 8.34. The average Bonchev–Trinajstić information content (AvgIpc) is 2.97. The van der Waals surface area contributed by atoms with Gasteiger partial charge in [-0.25, -0.2) is 0 Å². The number of rotatable bonds is 7. The largest absolute Gasteiger partial charge is 0.361 e. The van der Waals surface area contributed by atoms with Gasteiger partial charge in [-0.15, -0.1) is 11.8 Å². The molecule has 3 rings (SSSR count). The predicted octanol–water partition coefficient (Wildman–Crippen LogP) is 4.54. The lowest BCUT2D eigenvalue weighted by Gasteiger charge is -2.33. The summed E-state index contributed by atoms with van der Waals surface area (Å²) in [5, 5.41) is 6.92. The molecule has 146 valence electrons.